The maximum Gasteiger partial charge on any atom is 0.416 e. The van der Waals surface area contributed by atoms with E-state index in [0.29, 0.717) is 15.6 Å². The number of aromatic nitrogens is 1. The highest BCUT2D eigenvalue weighted by molar-refractivity contribution is 6.42. The molecule has 1 atom stereocenters. The second-order valence-electron chi connectivity index (χ2n) is 4.52. The van der Waals surface area contributed by atoms with Crippen molar-refractivity contribution in [2.45, 2.75) is 18.6 Å². The molecule has 21 heavy (non-hydrogen) atoms. The molecule has 0 spiro atoms. The zero-order chi connectivity index (χ0) is 15.6. The molecule has 2 N–H and O–H groups in total. The number of pyridine rings is 1. The van der Waals surface area contributed by atoms with Crippen LogP contribution in [0.25, 0.3) is 0 Å². The third-order valence-corrected chi connectivity index (χ3v) is 3.74. The number of hydrogen-bond donors (Lipinski definition) is 1. The number of benzene rings is 1. The lowest BCUT2D eigenvalue weighted by Gasteiger charge is -2.18. The molecule has 0 radical (unpaired) electrons. The zero-order valence-corrected chi connectivity index (χ0v) is 12.2. The van der Waals surface area contributed by atoms with Crippen molar-refractivity contribution in [3.05, 3.63) is 63.4 Å². The van der Waals surface area contributed by atoms with Gasteiger partial charge in [0.05, 0.1) is 15.6 Å². The highest BCUT2D eigenvalue weighted by Gasteiger charge is 2.34. The summed E-state index contributed by atoms with van der Waals surface area (Å²) < 4.78 is 38.8. The second kappa shape index (κ2) is 6.22. The molecule has 0 aliphatic rings. The Morgan fingerprint density at radius 2 is 1.86 bits per heavy atom. The normalized spacial score (nSPS) is 13.2. The largest absolute Gasteiger partial charge is 0.416 e. The van der Waals surface area contributed by atoms with Crippen LogP contribution in [-0.2, 0) is 12.6 Å². The van der Waals surface area contributed by atoms with Gasteiger partial charge in [0.2, 0.25) is 0 Å². The summed E-state index contributed by atoms with van der Waals surface area (Å²) in [6.45, 7) is 0. The molecule has 0 amide bonds. The van der Waals surface area contributed by atoms with Crippen molar-refractivity contribution in [1.29, 1.82) is 0 Å². The standard InChI is InChI=1S/C14H11Cl2F3N2/c15-11-2-1-8(5-12(11)16)6-13(20)9-7-21-4-3-10(9)14(17,18)19/h1-5,7,13H,6,20H2. The van der Waals surface area contributed by atoms with Crippen molar-refractivity contribution in [2.24, 2.45) is 5.73 Å². The molecule has 2 rings (SSSR count). The van der Waals surface area contributed by atoms with Crippen LogP contribution in [-0.4, -0.2) is 4.98 Å². The van der Waals surface area contributed by atoms with Crippen molar-refractivity contribution in [3.63, 3.8) is 0 Å². The molecule has 0 aliphatic carbocycles. The summed E-state index contributed by atoms with van der Waals surface area (Å²) in [6.07, 6.45) is -2.03. The Balaban J connectivity index is 2.28. The van der Waals surface area contributed by atoms with E-state index in [1.165, 1.54) is 0 Å². The fourth-order valence-corrected chi connectivity index (χ4v) is 2.31. The predicted octanol–water partition coefficient (Wildman–Crippen LogP) is 4.65. The first-order valence-electron chi connectivity index (χ1n) is 5.99. The molecule has 1 aromatic heterocycles. The molecule has 0 fully saturated rings. The minimum absolute atomic E-state index is 0.0453. The van der Waals surface area contributed by atoms with Crippen LogP contribution in [0.2, 0.25) is 10.0 Å². The molecule has 7 heteroatoms. The minimum Gasteiger partial charge on any atom is -0.324 e. The Bertz CT molecular complexity index is 644. The van der Waals surface area contributed by atoms with Gasteiger partial charge in [-0.1, -0.05) is 29.3 Å². The van der Waals surface area contributed by atoms with Crippen LogP contribution in [0, 0.1) is 0 Å². The summed E-state index contributed by atoms with van der Waals surface area (Å²) in [5, 5.41) is 0.718. The predicted molar refractivity (Wildman–Crippen MR) is 76.3 cm³/mol. The summed E-state index contributed by atoms with van der Waals surface area (Å²) in [5.74, 6) is 0. The Morgan fingerprint density at radius 1 is 1.14 bits per heavy atom. The van der Waals surface area contributed by atoms with Gasteiger partial charge in [-0.2, -0.15) is 13.2 Å². The molecule has 2 nitrogen and oxygen atoms in total. The zero-order valence-electron chi connectivity index (χ0n) is 10.7. The first-order chi connectivity index (χ1) is 9.79. The molecule has 2 aromatic rings. The van der Waals surface area contributed by atoms with E-state index in [-0.39, 0.29) is 12.0 Å². The van der Waals surface area contributed by atoms with Gasteiger partial charge in [-0.3, -0.25) is 4.98 Å². The van der Waals surface area contributed by atoms with Crippen LogP contribution >= 0.6 is 23.2 Å². The van der Waals surface area contributed by atoms with Gasteiger partial charge in [0.15, 0.2) is 0 Å². The van der Waals surface area contributed by atoms with Crippen molar-refractivity contribution in [3.8, 4) is 0 Å². The first kappa shape index (κ1) is 16.1. The quantitative estimate of drug-likeness (QED) is 0.887. The fraction of sp³-hybridized carbons (Fsp3) is 0.214. The van der Waals surface area contributed by atoms with E-state index in [1.54, 1.807) is 18.2 Å². The molecule has 1 aromatic carbocycles. The Hall–Kier alpha value is -1.30. The van der Waals surface area contributed by atoms with Crippen LogP contribution in [0.3, 0.4) is 0 Å². The molecule has 0 saturated heterocycles. The summed E-state index contributed by atoms with van der Waals surface area (Å²) in [6, 6.07) is 4.93. The maximum absolute atomic E-state index is 12.9. The van der Waals surface area contributed by atoms with E-state index in [2.05, 4.69) is 4.98 Å². The topological polar surface area (TPSA) is 38.9 Å². The summed E-state index contributed by atoms with van der Waals surface area (Å²) >= 11 is 11.7. The average Bonchev–Trinajstić information content (AvgIpc) is 2.42. The van der Waals surface area contributed by atoms with Crippen LogP contribution < -0.4 is 5.73 Å². The highest BCUT2D eigenvalue weighted by atomic mass is 35.5. The Morgan fingerprint density at radius 3 is 2.48 bits per heavy atom. The fourth-order valence-electron chi connectivity index (χ4n) is 1.99. The summed E-state index contributed by atoms with van der Waals surface area (Å²) in [4.78, 5) is 3.73. The van der Waals surface area contributed by atoms with Crippen LogP contribution in [0.4, 0.5) is 13.2 Å². The third-order valence-electron chi connectivity index (χ3n) is 3.00. The molecular formula is C14H11Cl2F3N2. The SMILES string of the molecule is NC(Cc1ccc(Cl)c(Cl)c1)c1cnccc1C(F)(F)F. The number of rotatable bonds is 3. The van der Waals surface area contributed by atoms with Crippen molar-refractivity contribution in [2.75, 3.05) is 0 Å². The molecule has 1 heterocycles. The van der Waals surface area contributed by atoms with Gasteiger partial charge in [-0.25, -0.2) is 0 Å². The van der Waals surface area contributed by atoms with Gasteiger partial charge < -0.3 is 5.73 Å². The number of alkyl halides is 3. The van der Waals surface area contributed by atoms with Gasteiger partial charge in [0.1, 0.15) is 0 Å². The molecule has 112 valence electrons. The van der Waals surface area contributed by atoms with Crippen molar-refractivity contribution in [1.82, 2.24) is 4.98 Å². The second-order valence-corrected chi connectivity index (χ2v) is 5.33. The molecule has 0 saturated carbocycles. The Kier molecular flexibility index (Phi) is 4.76. The third kappa shape index (κ3) is 3.87. The van der Waals surface area contributed by atoms with Gasteiger partial charge in [0.25, 0.3) is 0 Å². The van der Waals surface area contributed by atoms with Gasteiger partial charge in [-0.15, -0.1) is 0 Å². The van der Waals surface area contributed by atoms with Gasteiger partial charge in [0, 0.05) is 18.4 Å². The number of hydrogen-bond acceptors (Lipinski definition) is 2. The smallest absolute Gasteiger partial charge is 0.324 e. The number of nitrogens with two attached hydrogens (primary N) is 1. The van der Waals surface area contributed by atoms with E-state index in [1.807, 2.05) is 0 Å². The highest BCUT2D eigenvalue weighted by Crippen LogP contribution is 2.34. The number of nitrogens with zero attached hydrogens (tertiary/aromatic N) is 1. The van der Waals surface area contributed by atoms with Crippen LogP contribution in [0.5, 0.6) is 0 Å². The van der Waals surface area contributed by atoms with Crippen LogP contribution in [0.1, 0.15) is 22.7 Å². The molecular weight excluding hydrogens is 324 g/mol. The van der Waals surface area contributed by atoms with Crippen molar-refractivity contribution < 1.29 is 13.2 Å². The van der Waals surface area contributed by atoms with E-state index in [4.69, 9.17) is 28.9 Å². The molecule has 0 aliphatic heterocycles. The minimum atomic E-state index is -4.46. The lowest BCUT2D eigenvalue weighted by atomic mass is 9.97. The number of halogens is 5. The summed E-state index contributed by atoms with van der Waals surface area (Å²) in [5.41, 5.74) is 5.78. The first-order valence-corrected chi connectivity index (χ1v) is 6.75. The Labute approximate surface area is 129 Å². The van der Waals surface area contributed by atoms with E-state index < -0.39 is 17.8 Å². The summed E-state index contributed by atoms with van der Waals surface area (Å²) in [7, 11) is 0. The lowest BCUT2D eigenvalue weighted by molar-refractivity contribution is -0.138. The monoisotopic (exact) mass is 334 g/mol. The van der Waals surface area contributed by atoms with Gasteiger partial charge in [-0.05, 0) is 35.7 Å². The van der Waals surface area contributed by atoms with Crippen LogP contribution in [0.15, 0.2) is 36.7 Å². The maximum atomic E-state index is 12.9. The van der Waals surface area contributed by atoms with E-state index in [0.717, 1.165) is 18.5 Å². The lowest BCUT2D eigenvalue weighted by Crippen LogP contribution is -2.19. The van der Waals surface area contributed by atoms with E-state index >= 15 is 0 Å². The molecule has 0 bridgehead atoms. The van der Waals surface area contributed by atoms with Gasteiger partial charge >= 0.3 is 6.18 Å². The molecule has 1 unspecified atom stereocenters. The van der Waals surface area contributed by atoms with Crippen molar-refractivity contribution >= 4 is 23.2 Å². The van der Waals surface area contributed by atoms with E-state index in [9.17, 15) is 13.2 Å². The average molecular weight is 335 g/mol.